The maximum atomic E-state index is 5.51. The van der Waals surface area contributed by atoms with Crippen molar-refractivity contribution in [1.29, 1.82) is 0 Å². The van der Waals surface area contributed by atoms with Gasteiger partial charge < -0.3 is 10.5 Å². The summed E-state index contributed by atoms with van der Waals surface area (Å²) in [4.78, 5) is 0. The molecule has 0 radical (unpaired) electrons. The van der Waals surface area contributed by atoms with Gasteiger partial charge in [-0.2, -0.15) is 0 Å². The van der Waals surface area contributed by atoms with Gasteiger partial charge in [-0.25, -0.2) is 0 Å². The topological polar surface area (TPSA) is 35.2 Å². The lowest BCUT2D eigenvalue weighted by atomic mass is 10.1. The number of benzene rings is 1. The van der Waals surface area contributed by atoms with Crippen molar-refractivity contribution in [2.75, 3.05) is 13.2 Å². The van der Waals surface area contributed by atoms with Crippen molar-refractivity contribution in [1.82, 2.24) is 0 Å². The molecule has 0 atom stereocenters. The Labute approximate surface area is 92.4 Å². The summed E-state index contributed by atoms with van der Waals surface area (Å²) >= 11 is 0. The standard InChI is InChI=1S/C13H21NO/c1-2-5-12-6-3-7-13(10-12)11-15-9-4-8-14/h3,6-7,10H,2,4-5,8-9,11,14H2,1H3. The first-order valence-electron chi connectivity index (χ1n) is 5.72. The zero-order valence-corrected chi connectivity index (χ0v) is 9.54. The normalized spacial score (nSPS) is 10.5. The molecule has 1 aromatic rings. The van der Waals surface area contributed by atoms with Gasteiger partial charge in [0.25, 0.3) is 0 Å². The lowest BCUT2D eigenvalue weighted by Crippen LogP contribution is -2.04. The van der Waals surface area contributed by atoms with Crippen LogP contribution in [-0.4, -0.2) is 13.2 Å². The molecule has 0 heterocycles. The third-order valence-corrected chi connectivity index (χ3v) is 2.29. The van der Waals surface area contributed by atoms with Crippen molar-refractivity contribution in [3.63, 3.8) is 0 Å². The second kappa shape index (κ2) is 7.43. The molecule has 0 saturated carbocycles. The first-order valence-corrected chi connectivity index (χ1v) is 5.72. The van der Waals surface area contributed by atoms with Crippen molar-refractivity contribution in [3.05, 3.63) is 35.4 Å². The highest BCUT2D eigenvalue weighted by Crippen LogP contribution is 2.08. The molecule has 0 saturated heterocycles. The average Bonchev–Trinajstić information content (AvgIpc) is 2.26. The number of ether oxygens (including phenoxy) is 1. The van der Waals surface area contributed by atoms with Gasteiger partial charge in [-0.15, -0.1) is 0 Å². The van der Waals surface area contributed by atoms with Gasteiger partial charge in [0, 0.05) is 6.61 Å². The highest BCUT2D eigenvalue weighted by molar-refractivity contribution is 5.22. The average molecular weight is 207 g/mol. The quantitative estimate of drug-likeness (QED) is 0.697. The fourth-order valence-corrected chi connectivity index (χ4v) is 1.54. The SMILES string of the molecule is CCCc1cccc(COCCCN)c1. The Morgan fingerprint density at radius 3 is 2.80 bits per heavy atom. The van der Waals surface area contributed by atoms with E-state index in [4.69, 9.17) is 10.5 Å². The van der Waals surface area contributed by atoms with E-state index in [0.29, 0.717) is 13.2 Å². The number of hydrogen-bond donors (Lipinski definition) is 1. The van der Waals surface area contributed by atoms with Crippen LogP contribution in [0.3, 0.4) is 0 Å². The van der Waals surface area contributed by atoms with Gasteiger partial charge in [0.05, 0.1) is 6.61 Å². The summed E-state index contributed by atoms with van der Waals surface area (Å²) in [6, 6.07) is 8.62. The molecular weight excluding hydrogens is 186 g/mol. The van der Waals surface area contributed by atoms with Crippen LogP contribution in [0, 0.1) is 0 Å². The van der Waals surface area contributed by atoms with Crippen LogP contribution in [0.2, 0.25) is 0 Å². The number of rotatable bonds is 7. The molecule has 1 aromatic carbocycles. The molecule has 0 aliphatic rings. The third-order valence-electron chi connectivity index (χ3n) is 2.29. The Morgan fingerprint density at radius 2 is 2.07 bits per heavy atom. The molecule has 0 spiro atoms. The molecule has 2 N–H and O–H groups in total. The second-order valence-corrected chi connectivity index (χ2v) is 3.76. The Bertz CT molecular complexity index is 273. The maximum Gasteiger partial charge on any atom is 0.0716 e. The summed E-state index contributed by atoms with van der Waals surface area (Å²) in [6.45, 7) is 4.37. The van der Waals surface area contributed by atoms with Gasteiger partial charge in [-0.1, -0.05) is 37.6 Å². The van der Waals surface area contributed by atoms with E-state index >= 15 is 0 Å². The van der Waals surface area contributed by atoms with Crippen molar-refractivity contribution >= 4 is 0 Å². The van der Waals surface area contributed by atoms with Crippen LogP contribution in [0.5, 0.6) is 0 Å². The fourth-order valence-electron chi connectivity index (χ4n) is 1.54. The van der Waals surface area contributed by atoms with Crippen molar-refractivity contribution in [2.45, 2.75) is 32.8 Å². The molecule has 0 amide bonds. The van der Waals surface area contributed by atoms with Crippen LogP contribution in [0.15, 0.2) is 24.3 Å². The van der Waals surface area contributed by atoms with Crippen LogP contribution < -0.4 is 5.73 Å². The maximum absolute atomic E-state index is 5.51. The minimum absolute atomic E-state index is 0.704. The molecule has 0 aliphatic heterocycles. The van der Waals surface area contributed by atoms with E-state index in [1.165, 1.54) is 17.5 Å². The highest BCUT2D eigenvalue weighted by Gasteiger charge is 1.95. The van der Waals surface area contributed by atoms with Crippen LogP contribution in [0.1, 0.15) is 30.9 Å². The van der Waals surface area contributed by atoms with Gasteiger partial charge >= 0.3 is 0 Å². The molecule has 2 heteroatoms. The molecule has 15 heavy (non-hydrogen) atoms. The van der Waals surface area contributed by atoms with Gasteiger partial charge in [0.15, 0.2) is 0 Å². The summed E-state index contributed by atoms with van der Waals surface area (Å²) in [6.07, 6.45) is 3.28. The minimum Gasteiger partial charge on any atom is -0.377 e. The fraction of sp³-hybridized carbons (Fsp3) is 0.538. The van der Waals surface area contributed by atoms with E-state index in [1.54, 1.807) is 0 Å². The Morgan fingerprint density at radius 1 is 1.27 bits per heavy atom. The van der Waals surface area contributed by atoms with E-state index in [1.807, 2.05) is 0 Å². The molecule has 84 valence electrons. The summed E-state index contributed by atoms with van der Waals surface area (Å²) in [7, 11) is 0. The van der Waals surface area contributed by atoms with Gasteiger partial charge in [0.1, 0.15) is 0 Å². The second-order valence-electron chi connectivity index (χ2n) is 3.76. The zero-order chi connectivity index (χ0) is 10.9. The van der Waals surface area contributed by atoms with Gasteiger partial charge in [0.2, 0.25) is 0 Å². The van der Waals surface area contributed by atoms with Gasteiger partial charge in [-0.05, 0) is 30.5 Å². The van der Waals surface area contributed by atoms with Crippen LogP contribution >= 0.6 is 0 Å². The van der Waals surface area contributed by atoms with Crippen LogP contribution in [0.4, 0.5) is 0 Å². The number of aryl methyl sites for hydroxylation is 1. The Balaban J connectivity index is 2.36. The van der Waals surface area contributed by atoms with Crippen LogP contribution in [-0.2, 0) is 17.8 Å². The van der Waals surface area contributed by atoms with Gasteiger partial charge in [-0.3, -0.25) is 0 Å². The lowest BCUT2D eigenvalue weighted by molar-refractivity contribution is 0.120. The monoisotopic (exact) mass is 207 g/mol. The van der Waals surface area contributed by atoms with E-state index in [0.717, 1.165) is 19.4 Å². The molecule has 0 aromatic heterocycles. The lowest BCUT2D eigenvalue weighted by Gasteiger charge is -2.05. The number of nitrogens with two attached hydrogens (primary N) is 1. The summed E-state index contributed by atoms with van der Waals surface area (Å²) in [5.41, 5.74) is 8.05. The molecule has 0 fully saturated rings. The molecule has 0 bridgehead atoms. The van der Waals surface area contributed by atoms with E-state index in [2.05, 4.69) is 31.2 Å². The molecule has 1 rings (SSSR count). The van der Waals surface area contributed by atoms with E-state index in [-0.39, 0.29) is 0 Å². The largest absolute Gasteiger partial charge is 0.377 e. The van der Waals surface area contributed by atoms with Crippen molar-refractivity contribution in [3.8, 4) is 0 Å². The first kappa shape index (κ1) is 12.2. The summed E-state index contributed by atoms with van der Waals surface area (Å²) in [5.74, 6) is 0. The predicted octanol–water partition coefficient (Wildman–Crippen LogP) is 2.50. The number of hydrogen-bond acceptors (Lipinski definition) is 2. The van der Waals surface area contributed by atoms with Crippen molar-refractivity contribution < 1.29 is 4.74 Å². The minimum atomic E-state index is 0.704. The first-order chi connectivity index (χ1) is 7.36. The summed E-state index contributed by atoms with van der Waals surface area (Å²) in [5, 5.41) is 0. The van der Waals surface area contributed by atoms with Crippen molar-refractivity contribution in [2.24, 2.45) is 5.73 Å². The zero-order valence-electron chi connectivity index (χ0n) is 9.54. The molecular formula is C13H21NO. The molecule has 0 unspecified atom stereocenters. The third kappa shape index (κ3) is 4.96. The van der Waals surface area contributed by atoms with E-state index in [9.17, 15) is 0 Å². The smallest absolute Gasteiger partial charge is 0.0716 e. The molecule has 0 aliphatic carbocycles. The molecule has 2 nitrogen and oxygen atoms in total. The Hall–Kier alpha value is -0.860. The van der Waals surface area contributed by atoms with E-state index < -0.39 is 0 Å². The predicted molar refractivity (Wildman–Crippen MR) is 63.8 cm³/mol. The van der Waals surface area contributed by atoms with Crippen LogP contribution in [0.25, 0.3) is 0 Å². The summed E-state index contributed by atoms with van der Waals surface area (Å²) < 4.78 is 5.51. The highest BCUT2D eigenvalue weighted by atomic mass is 16.5. The Kier molecular flexibility index (Phi) is 6.05.